The van der Waals surface area contributed by atoms with Gasteiger partial charge in [0.25, 0.3) is 23.6 Å². The fraction of sp³-hybridized carbons (Fsp3) is 0.167. The van der Waals surface area contributed by atoms with Gasteiger partial charge in [0.05, 0.1) is 41.0 Å². The lowest BCUT2D eigenvalue weighted by atomic mass is 9.71. The monoisotopic (exact) mass is 1470 g/mol. The van der Waals surface area contributed by atoms with Crippen molar-refractivity contribution in [2.45, 2.75) is 71.7 Å². The minimum absolute atomic E-state index is 0. The number of aliphatic hydroxyl groups is 1. The second-order valence-electron chi connectivity index (χ2n) is 22.8. The lowest BCUT2D eigenvalue weighted by Gasteiger charge is -2.32. The van der Waals surface area contributed by atoms with Crippen molar-refractivity contribution in [3.8, 4) is 0 Å². The van der Waals surface area contributed by atoms with Crippen LogP contribution in [0, 0.1) is 20.8 Å². The predicted molar refractivity (Wildman–Crippen MR) is 417 cm³/mol. The van der Waals surface area contributed by atoms with Crippen LogP contribution in [0.15, 0.2) is 285 Å². The molecule has 3 unspecified atom stereocenters. The molecule has 0 saturated carbocycles. The summed E-state index contributed by atoms with van der Waals surface area (Å²) in [6.45, 7) is 14.9. The van der Waals surface area contributed by atoms with Crippen LogP contribution < -0.4 is 23.3 Å². The van der Waals surface area contributed by atoms with Crippen molar-refractivity contribution in [2.24, 2.45) is 23.3 Å². The van der Waals surface area contributed by atoms with Crippen molar-refractivity contribution in [3.63, 3.8) is 0 Å². The van der Waals surface area contributed by atoms with Crippen molar-refractivity contribution in [1.82, 2.24) is 10.1 Å². The molecule has 11 aromatic rings. The molecule has 11 aromatic carbocycles. The highest BCUT2D eigenvalue weighted by Crippen LogP contribution is 2.46. The minimum Gasteiger partial charge on any atom is -0.412 e. The number of carbonyl (C=O) groups is 4. The second-order valence-corrected chi connectivity index (χ2v) is 24.6. The quantitative estimate of drug-likeness (QED) is 0.0166. The summed E-state index contributed by atoms with van der Waals surface area (Å²) in [5.41, 5.74) is 20.4. The van der Waals surface area contributed by atoms with Gasteiger partial charge in [0.1, 0.15) is 4.87 Å². The smallest absolute Gasteiger partial charge is 0.285 e. The lowest BCUT2D eigenvalue weighted by molar-refractivity contribution is -0.0863. The van der Waals surface area contributed by atoms with Crippen molar-refractivity contribution < 1.29 is 44.6 Å². The number of hydrogen-bond acceptors (Lipinski definition) is 12. The summed E-state index contributed by atoms with van der Waals surface area (Å²) < 4.78 is 0. The van der Waals surface area contributed by atoms with Crippen LogP contribution in [0.25, 0.3) is 0 Å². The molecule has 3 atom stereocenters. The molecule has 103 heavy (non-hydrogen) atoms. The van der Waals surface area contributed by atoms with Gasteiger partial charge in [-0.05, 0) is 135 Å². The first-order chi connectivity index (χ1) is 48.7. The van der Waals surface area contributed by atoms with Crippen LogP contribution in [0.1, 0.15) is 143 Å². The Hall–Kier alpha value is -9.50. The summed E-state index contributed by atoms with van der Waals surface area (Å²) in [4.78, 5) is 53.5. The zero-order valence-corrected chi connectivity index (χ0v) is 60.8. The van der Waals surface area contributed by atoms with Gasteiger partial charge in [-0.15, -0.1) is 21.7 Å². The fourth-order valence-electron chi connectivity index (χ4n) is 11.0. The van der Waals surface area contributed by atoms with Crippen LogP contribution in [-0.2, 0) is 25.5 Å². The average molecular weight is 1470 g/mol. The molecule has 12 N–H and O–H groups in total. The van der Waals surface area contributed by atoms with E-state index in [1.807, 2.05) is 134 Å². The molecule has 0 fully saturated rings. The number of nitrogens with zero attached hydrogens (tertiary/aromatic N) is 2. The van der Waals surface area contributed by atoms with Gasteiger partial charge in [-0.25, -0.2) is 5.90 Å². The molecule has 0 bridgehead atoms. The lowest BCUT2D eigenvalue weighted by Crippen LogP contribution is -2.39. The third-order valence-electron chi connectivity index (χ3n) is 16.2. The fourth-order valence-corrected chi connectivity index (χ4v) is 12.4. The van der Waals surface area contributed by atoms with Crippen LogP contribution in [-0.4, -0.2) is 69.4 Å². The highest BCUT2D eigenvalue weighted by Gasteiger charge is 2.39. The summed E-state index contributed by atoms with van der Waals surface area (Å²) in [5.74, 6) is 10.5. The highest BCUT2D eigenvalue weighted by atomic mass is 35.5. The maximum Gasteiger partial charge on any atom is 0.285 e. The third-order valence-corrected chi connectivity index (χ3v) is 17.9. The summed E-state index contributed by atoms with van der Waals surface area (Å²) >= 11 is 26.6. The van der Waals surface area contributed by atoms with Crippen LogP contribution in [0.5, 0.6) is 0 Å². The topological polar surface area (TPSA) is 269 Å². The van der Waals surface area contributed by atoms with Crippen LogP contribution in [0.2, 0.25) is 15.1 Å². The molecular formula is C84H90Cl4N6O9. The Bertz CT molecular complexity index is 4040. The number of amides is 4. The van der Waals surface area contributed by atoms with E-state index in [0.717, 1.165) is 49.0 Å². The number of aryl methyl sites for hydroxylation is 3. The van der Waals surface area contributed by atoms with Crippen LogP contribution >= 0.6 is 46.4 Å². The minimum atomic E-state index is -0.798. The predicted octanol–water partition coefficient (Wildman–Crippen LogP) is 17.5. The van der Waals surface area contributed by atoms with Crippen molar-refractivity contribution in [3.05, 3.63) is 389 Å². The zero-order chi connectivity index (χ0) is 73.7. The molecule has 2 aliphatic rings. The number of carbonyl (C=O) groups excluding carboxylic acids is 4. The molecule has 2 heterocycles. The summed E-state index contributed by atoms with van der Waals surface area (Å²) in [6, 6.07) is 92.6. The largest absolute Gasteiger partial charge is 0.412 e. The molecule has 0 radical (unpaired) electrons. The van der Waals surface area contributed by atoms with Gasteiger partial charge in [-0.1, -0.05) is 302 Å². The molecule has 2 aliphatic heterocycles. The van der Waals surface area contributed by atoms with Gasteiger partial charge >= 0.3 is 0 Å². The second kappa shape index (κ2) is 42.2. The van der Waals surface area contributed by atoms with Crippen molar-refractivity contribution in [1.29, 1.82) is 0 Å². The standard InChI is InChI=1S/C21H19Cl.C20H16Cl2.C20H18ClN.C10H9NO3.C8H5NO3.C2H7NO.C2H6O.CH4.H4N2.H2O/c1-16-12-14-18(15-13-16)21(2,17-8-4-3-5-9-17)19-10-6-7-11-20(19)22;2*1-15-11-13-17(14-12-15)20(22,16-7-3-2-4-8-16)18-9-5-6-10-19(18)21;1-2-14-11-9(12)7-5-3-4-6-8(7)10(11)13;10-7-5-3-1-2-4-6(5)8(11)9(7)12;1-2-4-3;1-2-3;;1-2;/h3-15H,1-2H3;2-14H,1H3;2-14H,22H2,1H3;3-6H,2H2,1H3;1-4,12H;2-3H2,1H3;3H,2H2,1H3;1H4;1-2H2;1H2. The molecule has 0 aromatic heterocycles. The molecule has 13 rings (SSSR count). The number of aliphatic hydroxyl groups excluding tert-OH is 1. The van der Waals surface area contributed by atoms with E-state index in [0.29, 0.717) is 34.4 Å². The van der Waals surface area contributed by atoms with Gasteiger partial charge in [0.2, 0.25) is 0 Å². The Kier molecular flexibility index (Phi) is 35.2. The van der Waals surface area contributed by atoms with Gasteiger partial charge < -0.3 is 21.2 Å². The number of rotatable bonds is 12. The first kappa shape index (κ1) is 85.9. The molecule has 0 spiro atoms. The number of hydrazine groups is 1. The first-order valence-corrected chi connectivity index (χ1v) is 33.8. The normalized spacial score (nSPS) is 13.0. The van der Waals surface area contributed by atoms with E-state index in [1.54, 1.807) is 50.2 Å². The Morgan fingerprint density at radius 3 is 1.02 bits per heavy atom. The summed E-state index contributed by atoms with van der Waals surface area (Å²) in [6.07, 6.45) is 0. The summed E-state index contributed by atoms with van der Waals surface area (Å²) in [5, 5.41) is 19.6. The van der Waals surface area contributed by atoms with Gasteiger partial charge in [0.15, 0.2) is 0 Å². The van der Waals surface area contributed by atoms with E-state index >= 15 is 0 Å². The van der Waals surface area contributed by atoms with E-state index < -0.39 is 22.2 Å². The highest BCUT2D eigenvalue weighted by molar-refractivity contribution is 6.35. The number of hydroxylamine groups is 4. The first-order valence-electron chi connectivity index (χ1n) is 32.3. The number of benzene rings is 11. The number of imide groups is 2. The number of alkyl halides is 1. The van der Waals surface area contributed by atoms with Crippen LogP contribution in [0.3, 0.4) is 0 Å². The van der Waals surface area contributed by atoms with Crippen LogP contribution in [0.4, 0.5) is 0 Å². The van der Waals surface area contributed by atoms with Gasteiger partial charge in [0, 0.05) is 32.7 Å². The van der Waals surface area contributed by atoms with E-state index in [4.69, 9.17) is 67.3 Å². The Labute approximate surface area is 624 Å². The maximum absolute atomic E-state index is 11.6. The molecule has 538 valence electrons. The Morgan fingerprint density at radius 2 is 0.660 bits per heavy atom. The zero-order valence-electron chi connectivity index (χ0n) is 57.8. The SMILES string of the molecule is C.CCO.CCON.CCON1C(=O)c2ccccc2C1=O.Cc1ccc(C(C)(c2ccccc2)c2ccccc2Cl)cc1.Cc1ccc(C(Cl)(c2ccccc2)c2ccccc2Cl)cc1.Cc1ccc(C(N)(c2ccccc2)c2ccccc2Cl)cc1.NN.O.O=C1c2ccccc2C(=O)N1O. The van der Waals surface area contributed by atoms with Gasteiger partial charge in [-0.2, -0.15) is 0 Å². The number of halogens is 4. The molecule has 0 aliphatic carbocycles. The van der Waals surface area contributed by atoms with E-state index in [1.165, 1.54) is 39.9 Å². The van der Waals surface area contributed by atoms with E-state index in [-0.39, 0.29) is 52.9 Å². The average Bonchev–Trinajstić information content (AvgIpc) is 1.77. The Balaban J connectivity index is 0.000000267. The molecular weight excluding hydrogens is 1380 g/mol. The van der Waals surface area contributed by atoms with Crippen molar-refractivity contribution >= 4 is 70.0 Å². The number of hydrogen-bond donors (Lipinski definition) is 6. The Morgan fingerprint density at radius 1 is 0.398 bits per heavy atom. The van der Waals surface area contributed by atoms with E-state index in [2.05, 4.69) is 159 Å². The molecule has 0 saturated heterocycles. The molecule has 19 heteroatoms. The van der Waals surface area contributed by atoms with E-state index in [9.17, 15) is 19.2 Å². The molecule has 15 nitrogen and oxygen atoms in total. The number of fused-ring (bicyclic) bond motifs is 2. The van der Waals surface area contributed by atoms with Crippen molar-refractivity contribution in [2.75, 3.05) is 19.8 Å². The maximum atomic E-state index is 11.6. The molecule has 4 amide bonds. The third kappa shape index (κ3) is 21.1. The summed E-state index contributed by atoms with van der Waals surface area (Å²) in [7, 11) is 0. The number of nitrogens with two attached hydrogens (primary N) is 4. The van der Waals surface area contributed by atoms with Gasteiger partial charge in [-0.3, -0.25) is 40.9 Å².